The summed E-state index contributed by atoms with van der Waals surface area (Å²) >= 11 is 0. The van der Waals surface area contributed by atoms with E-state index in [9.17, 15) is 0 Å². The molecule has 60 valence electrons. The van der Waals surface area contributed by atoms with Crippen LogP contribution in [0.5, 0.6) is 0 Å². The summed E-state index contributed by atoms with van der Waals surface area (Å²) in [5.74, 6) is 0. The molecule has 0 saturated carbocycles. The van der Waals surface area contributed by atoms with Gasteiger partial charge in [-0.2, -0.15) is 0 Å². The van der Waals surface area contributed by atoms with Crippen LogP contribution in [0.15, 0.2) is 30.3 Å². The zero-order chi connectivity index (χ0) is 7.94. The molecule has 0 fully saturated rings. The quantitative estimate of drug-likeness (QED) is 0.521. The van der Waals surface area contributed by atoms with Crippen LogP contribution in [0.4, 0.5) is 0 Å². The molecule has 1 rings (SSSR count). The zero-order valence-corrected chi connectivity index (χ0v) is 6.36. The predicted molar refractivity (Wildman–Crippen MR) is 43.2 cm³/mol. The van der Waals surface area contributed by atoms with Gasteiger partial charge in [0.2, 0.25) is 0 Å². The van der Waals surface area contributed by atoms with Gasteiger partial charge in [0.1, 0.15) is 0 Å². The molecule has 0 radical (unpaired) electrons. The first-order valence-corrected chi connectivity index (χ1v) is 3.66. The molecule has 0 unspecified atom stereocenters. The second kappa shape index (κ2) is 4.88. The third-order valence-electron chi connectivity index (χ3n) is 1.35. The van der Waals surface area contributed by atoms with E-state index in [-0.39, 0.29) is 6.61 Å². The minimum absolute atomic E-state index is 0.0901. The van der Waals surface area contributed by atoms with Crippen molar-refractivity contribution >= 4 is 0 Å². The van der Waals surface area contributed by atoms with Gasteiger partial charge in [0.15, 0.2) is 0 Å². The highest BCUT2D eigenvalue weighted by Crippen LogP contribution is 1.99. The first-order chi connectivity index (χ1) is 5.43. The van der Waals surface area contributed by atoms with Crippen molar-refractivity contribution in [1.29, 1.82) is 0 Å². The van der Waals surface area contributed by atoms with Crippen molar-refractivity contribution in [3.05, 3.63) is 35.9 Å². The Morgan fingerprint density at radius 1 is 1.18 bits per heavy atom. The van der Waals surface area contributed by atoms with Gasteiger partial charge in [0.05, 0.1) is 19.8 Å². The third kappa shape index (κ3) is 3.16. The molecule has 0 atom stereocenters. The summed E-state index contributed by atoms with van der Waals surface area (Å²) in [5, 5.41) is 8.42. The molecule has 0 spiro atoms. The summed E-state index contributed by atoms with van der Waals surface area (Å²) < 4.78 is 5.12. The van der Waals surface area contributed by atoms with Gasteiger partial charge < -0.3 is 9.84 Å². The summed E-state index contributed by atoms with van der Waals surface area (Å²) in [6.45, 7) is 1.09. The molecule has 0 bridgehead atoms. The van der Waals surface area contributed by atoms with Crippen LogP contribution in [0.2, 0.25) is 0 Å². The monoisotopic (exact) mass is 154 g/mol. The van der Waals surface area contributed by atoms with Crippen molar-refractivity contribution in [1.82, 2.24) is 0 Å². The average Bonchev–Trinajstić information content (AvgIpc) is 2.07. The van der Waals surface area contributed by atoms with Crippen LogP contribution in [-0.4, -0.2) is 18.3 Å². The van der Waals surface area contributed by atoms with Gasteiger partial charge in [-0.15, -0.1) is 0 Å². The Kier molecular flexibility index (Phi) is 3.65. The van der Waals surface area contributed by atoms with Gasteiger partial charge in [0.25, 0.3) is 0 Å². The normalized spacial score (nSPS) is 9.91. The highest BCUT2D eigenvalue weighted by molar-refractivity contribution is 5.13. The second-order valence-electron chi connectivity index (χ2n) is 2.26. The maximum atomic E-state index is 8.42. The van der Waals surface area contributed by atoms with Crippen LogP contribution in [0.25, 0.3) is 0 Å². The van der Waals surface area contributed by atoms with E-state index >= 15 is 0 Å². The van der Waals surface area contributed by atoms with Crippen LogP contribution >= 0.6 is 0 Å². The van der Waals surface area contributed by atoms with Crippen LogP contribution < -0.4 is 0 Å². The lowest BCUT2D eigenvalue weighted by molar-refractivity contribution is 0.0815. The largest absolute Gasteiger partial charge is 0.394 e. The molecule has 0 aliphatic heterocycles. The van der Waals surface area contributed by atoms with Crippen molar-refractivity contribution in [2.75, 3.05) is 13.2 Å². The maximum absolute atomic E-state index is 8.42. The van der Waals surface area contributed by atoms with Gasteiger partial charge in [-0.3, -0.25) is 0 Å². The van der Waals surface area contributed by atoms with Gasteiger partial charge >= 0.3 is 0 Å². The fourth-order valence-corrected chi connectivity index (χ4v) is 0.829. The van der Waals surface area contributed by atoms with Gasteiger partial charge in [-0.1, -0.05) is 30.3 Å². The van der Waals surface area contributed by atoms with Crippen molar-refractivity contribution in [2.24, 2.45) is 0 Å². The fraction of sp³-hybridized carbons (Fsp3) is 0.333. The van der Waals surface area contributed by atoms with Crippen LogP contribution in [0.1, 0.15) is 5.56 Å². The van der Waals surface area contributed by atoms with E-state index in [0.29, 0.717) is 13.2 Å². The summed E-state index contributed by atoms with van der Waals surface area (Å²) in [7, 11) is 0. The van der Waals surface area contributed by atoms with E-state index in [1.807, 2.05) is 30.3 Å². The summed E-state index contributed by atoms with van der Waals surface area (Å²) in [5.41, 5.74) is 1.14. The van der Waals surface area contributed by atoms with E-state index in [2.05, 4.69) is 0 Å². The lowest BCUT2D eigenvalue weighted by Gasteiger charge is -2.00. The number of ether oxygens (including phenoxy) is 1. The zero-order valence-electron chi connectivity index (χ0n) is 6.36. The lowest BCUT2D eigenvalue weighted by atomic mass is 10.2. The van der Waals surface area contributed by atoms with E-state index in [1.54, 1.807) is 0 Å². The fourth-order valence-electron chi connectivity index (χ4n) is 0.829. The smallest absolute Gasteiger partial charge is 0.0718 e. The summed E-state index contributed by atoms with van der Waals surface area (Å²) in [6, 6.07) is 9.90. The molecular formula is C9H12O2. The lowest BCUT2D eigenvalue weighted by Crippen LogP contribution is -1.98. The molecule has 11 heavy (non-hydrogen) atoms. The highest BCUT2D eigenvalue weighted by Gasteiger charge is 1.88. The van der Waals surface area contributed by atoms with Crippen LogP contribution in [0, 0.1) is 0 Å². The Hall–Kier alpha value is -0.860. The first kappa shape index (κ1) is 8.24. The Balaban J connectivity index is 2.28. The Morgan fingerprint density at radius 3 is 2.55 bits per heavy atom. The minimum atomic E-state index is 0.0901. The molecule has 1 aromatic carbocycles. The van der Waals surface area contributed by atoms with Crippen molar-refractivity contribution in [3.8, 4) is 0 Å². The van der Waals surface area contributed by atoms with Crippen molar-refractivity contribution in [3.63, 3.8) is 0 Å². The topological polar surface area (TPSA) is 29.5 Å². The third-order valence-corrected chi connectivity index (χ3v) is 1.35. The number of hydrogen-bond donors (Lipinski definition) is 1. The highest BCUT2D eigenvalue weighted by atomic mass is 16.6. The van der Waals surface area contributed by atoms with Crippen molar-refractivity contribution < 1.29 is 9.84 Å². The number of aliphatic hydroxyl groups excluding tert-OH is 1. The summed E-state index contributed by atoms with van der Waals surface area (Å²) in [4.78, 5) is 0. The van der Waals surface area contributed by atoms with Gasteiger partial charge in [-0.25, -0.2) is 0 Å². The number of hydrogen-bond acceptors (Lipinski definition) is 2. The Labute approximate surface area is 66.4 Å². The molecule has 0 aromatic heterocycles. The Bertz CT molecular complexity index is 184. The van der Waals surface area contributed by atoms with E-state index in [1.165, 1.54) is 0 Å². The predicted octanol–water partition coefficient (Wildman–Crippen LogP) is 1.20. The Morgan fingerprint density at radius 2 is 1.91 bits per heavy atom. The van der Waals surface area contributed by atoms with Gasteiger partial charge in [0, 0.05) is 0 Å². The summed E-state index contributed by atoms with van der Waals surface area (Å²) in [6.07, 6.45) is 0. The molecule has 1 aromatic rings. The van der Waals surface area contributed by atoms with E-state index < -0.39 is 0 Å². The van der Waals surface area contributed by atoms with Gasteiger partial charge in [-0.05, 0) is 5.56 Å². The molecule has 0 saturated heterocycles. The molecule has 2 nitrogen and oxygen atoms in total. The SMILES string of the molecule is O[13CH2][13CH2]OCc1ccccc1. The molecule has 0 aliphatic carbocycles. The van der Waals surface area contributed by atoms with Crippen molar-refractivity contribution in [2.45, 2.75) is 6.61 Å². The van der Waals surface area contributed by atoms with Crippen LogP contribution in [-0.2, 0) is 11.3 Å². The van der Waals surface area contributed by atoms with E-state index in [0.717, 1.165) is 5.56 Å². The minimum Gasteiger partial charge on any atom is -0.394 e. The maximum Gasteiger partial charge on any atom is 0.0718 e. The standard InChI is InChI=1S/C9H12O2/c10-6-7-11-8-9-4-2-1-3-5-9/h1-5,10H,6-8H2/i6+1,7+1. The number of benzene rings is 1. The second-order valence-corrected chi connectivity index (χ2v) is 2.26. The molecule has 1 N–H and O–H groups in total. The molecular weight excluding hydrogens is 142 g/mol. The average molecular weight is 154 g/mol. The molecule has 0 amide bonds. The van der Waals surface area contributed by atoms with E-state index in [4.69, 9.17) is 9.84 Å². The molecule has 0 aliphatic rings. The molecule has 2 heteroatoms. The molecule has 0 heterocycles. The number of rotatable bonds is 4. The first-order valence-electron chi connectivity index (χ1n) is 3.66. The van der Waals surface area contributed by atoms with Crippen LogP contribution in [0.3, 0.4) is 0 Å². The number of aliphatic hydroxyl groups is 1.